The van der Waals surface area contributed by atoms with Gasteiger partial charge in [0.15, 0.2) is 0 Å². The van der Waals surface area contributed by atoms with Crippen LogP contribution in [0.5, 0.6) is 5.75 Å². The number of ether oxygens (including phenoxy) is 1. The highest BCUT2D eigenvalue weighted by atomic mass is 16.5. The first-order chi connectivity index (χ1) is 15.1. The van der Waals surface area contributed by atoms with E-state index in [9.17, 15) is 9.59 Å². The van der Waals surface area contributed by atoms with Crippen molar-refractivity contribution < 1.29 is 14.3 Å². The van der Waals surface area contributed by atoms with Gasteiger partial charge in [0.05, 0.1) is 7.11 Å². The van der Waals surface area contributed by atoms with Crippen molar-refractivity contribution in [2.45, 2.75) is 38.3 Å². The van der Waals surface area contributed by atoms with E-state index in [2.05, 4.69) is 30.7 Å². The molecule has 3 heterocycles. The van der Waals surface area contributed by atoms with Gasteiger partial charge in [0.2, 0.25) is 0 Å². The van der Waals surface area contributed by atoms with Crippen molar-refractivity contribution in [2.24, 2.45) is 7.05 Å². The summed E-state index contributed by atoms with van der Waals surface area (Å²) in [5, 5.41) is 1.16. The molecule has 0 bridgehead atoms. The fourth-order valence-electron chi connectivity index (χ4n) is 5.15. The van der Waals surface area contributed by atoms with Crippen LogP contribution >= 0.6 is 0 Å². The van der Waals surface area contributed by atoms with Crippen LogP contribution in [0.25, 0.3) is 10.9 Å². The number of imide groups is 1. The molecule has 0 unspecified atom stereocenters. The maximum atomic E-state index is 13.5. The van der Waals surface area contributed by atoms with Gasteiger partial charge in [0.1, 0.15) is 17.8 Å². The van der Waals surface area contributed by atoms with Crippen LogP contribution in [0.4, 0.5) is 4.79 Å². The van der Waals surface area contributed by atoms with E-state index in [1.54, 1.807) is 12.0 Å². The van der Waals surface area contributed by atoms with E-state index in [1.165, 1.54) is 10.5 Å². The highest BCUT2D eigenvalue weighted by molar-refractivity contribution is 6.05. The number of nitrogens with zero attached hydrogens (tertiary/aromatic N) is 3. The van der Waals surface area contributed by atoms with Crippen LogP contribution < -0.4 is 4.74 Å². The number of hydrogen-bond acceptors (Lipinski definition) is 3. The van der Waals surface area contributed by atoms with Crippen molar-refractivity contribution in [2.75, 3.05) is 13.7 Å². The van der Waals surface area contributed by atoms with Gasteiger partial charge < -0.3 is 9.30 Å². The number of unbranched alkanes of at least 4 members (excludes halogenated alkanes) is 1. The molecule has 3 amide bonds. The number of fused-ring (bicyclic) bond motifs is 4. The summed E-state index contributed by atoms with van der Waals surface area (Å²) in [5.41, 5.74) is 4.35. The number of aryl methyl sites for hydroxylation is 1. The Labute approximate surface area is 182 Å². The fourth-order valence-corrected chi connectivity index (χ4v) is 5.15. The largest absolute Gasteiger partial charge is 0.497 e. The van der Waals surface area contributed by atoms with Crippen LogP contribution in [-0.4, -0.2) is 46.0 Å². The Morgan fingerprint density at radius 2 is 1.81 bits per heavy atom. The molecule has 31 heavy (non-hydrogen) atoms. The molecule has 0 saturated carbocycles. The van der Waals surface area contributed by atoms with E-state index >= 15 is 0 Å². The van der Waals surface area contributed by atoms with Gasteiger partial charge >= 0.3 is 6.03 Å². The first kappa shape index (κ1) is 19.7. The van der Waals surface area contributed by atoms with E-state index in [0.717, 1.165) is 40.8 Å². The van der Waals surface area contributed by atoms with Crippen molar-refractivity contribution in [3.8, 4) is 5.75 Å². The average molecular weight is 418 g/mol. The number of hydrogen-bond donors (Lipinski definition) is 0. The molecular formula is C25H27N3O3. The molecule has 0 radical (unpaired) electrons. The molecule has 1 fully saturated rings. The molecule has 6 nitrogen and oxygen atoms in total. The summed E-state index contributed by atoms with van der Waals surface area (Å²) in [6.45, 7) is 2.55. The molecule has 2 aromatic carbocycles. The Bertz CT molecular complexity index is 1160. The van der Waals surface area contributed by atoms with Crippen molar-refractivity contribution in [1.82, 2.24) is 14.4 Å². The first-order valence-electron chi connectivity index (χ1n) is 10.9. The van der Waals surface area contributed by atoms with Crippen molar-refractivity contribution >= 4 is 22.8 Å². The van der Waals surface area contributed by atoms with Gasteiger partial charge in [-0.15, -0.1) is 0 Å². The fraction of sp³-hybridized carbons (Fsp3) is 0.360. The predicted octanol–water partition coefficient (Wildman–Crippen LogP) is 4.27. The summed E-state index contributed by atoms with van der Waals surface area (Å²) in [6, 6.07) is 15.1. The molecule has 1 aromatic heterocycles. The lowest BCUT2D eigenvalue weighted by Crippen LogP contribution is -2.44. The lowest BCUT2D eigenvalue weighted by Gasteiger charge is -2.37. The molecule has 6 heteroatoms. The second-order valence-corrected chi connectivity index (χ2v) is 8.37. The molecule has 160 valence electrons. The third kappa shape index (κ3) is 2.85. The van der Waals surface area contributed by atoms with Crippen molar-refractivity contribution in [3.63, 3.8) is 0 Å². The third-order valence-corrected chi connectivity index (χ3v) is 6.70. The molecule has 0 aliphatic carbocycles. The van der Waals surface area contributed by atoms with Gasteiger partial charge in [-0.3, -0.25) is 14.6 Å². The Balaban J connectivity index is 1.70. The van der Waals surface area contributed by atoms with Gasteiger partial charge in [-0.2, -0.15) is 0 Å². The summed E-state index contributed by atoms with van der Waals surface area (Å²) in [7, 11) is 3.69. The number of carbonyl (C=O) groups is 2. The van der Waals surface area contributed by atoms with E-state index in [0.29, 0.717) is 13.0 Å². The zero-order valence-corrected chi connectivity index (χ0v) is 18.2. The van der Waals surface area contributed by atoms with Crippen molar-refractivity contribution in [3.05, 3.63) is 65.4 Å². The molecular weight excluding hydrogens is 390 g/mol. The second kappa shape index (κ2) is 7.45. The quantitative estimate of drug-likeness (QED) is 0.583. The molecule has 2 aliphatic heterocycles. The zero-order valence-electron chi connectivity index (χ0n) is 18.2. The summed E-state index contributed by atoms with van der Waals surface area (Å²) in [4.78, 5) is 30.1. The normalized spacial score (nSPS) is 20.4. The number of benzene rings is 2. The molecule has 3 aromatic rings. The average Bonchev–Trinajstić information content (AvgIpc) is 3.22. The topological polar surface area (TPSA) is 54.8 Å². The summed E-state index contributed by atoms with van der Waals surface area (Å²) in [6.07, 6.45) is 2.31. The molecule has 5 rings (SSSR count). The highest BCUT2D eigenvalue weighted by Gasteiger charge is 2.52. The molecule has 2 atom stereocenters. The van der Waals surface area contributed by atoms with Gasteiger partial charge in [-0.1, -0.05) is 43.7 Å². The Kier molecular flexibility index (Phi) is 4.73. The maximum absolute atomic E-state index is 13.5. The smallest absolute Gasteiger partial charge is 0.328 e. The summed E-state index contributed by atoms with van der Waals surface area (Å²) < 4.78 is 7.52. The lowest BCUT2D eigenvalue weighted by atomic mass is 9.88. The number of rotatable bonds is 5. The number of aromatic nitrogens is 1. The zero-order chi connectivity index (χ0) is 21.7. The van der Waals surface area contributed by atoms with Gasteiger partial charge in [0, 0.05) is 36.6 Å². The standard InChI is InChI=1S/C25H27N3O3/c1-4-5-14-27-24(29)21-15-19-18-8-6-7-9-20(18)26(2)23(19)22(28(21)25(27)30)16-10-12-17(31-3)13-11-16/h6-13,21-22H,4-5,14-15H2,1-3H3/t21-,22+/m1/s1. The third-order valence-electron chi connectivity index (χ3n) is 6.70. The molecule has 0 spiro atoms. The number of amides is 3. The molecule has 2 aliphatic rings. The van der Waals surface area contributed by atoms with E-state index in [4.69, 9.17) is 4.74 Å². The minimum Gasteiger partial charge on any atom is -0.497 e. The number of methoxy groups -OCH3 is 1. The minimum absolute atomic E-state index is 0.0736. The minimum atomic E-state index is -0.463. The van der Waals surface area contributed by atoms with Crippen LogP contribution in [0.1, 0.15) is 42.6 Å². The summed E-state index contributed by atoms with van der Waals surface area (Å²) in [5.74, 6) is 0.692. The maximum Gasteiger partial charge on any atom is 0.328 e. The second-order valence-electron chi connectivity index (χ2n) is 8.37. The van der Waals surface area contributed by atoms with Crippen LogP contribution in [0.2, 0.25) is 0 Å². The highest BCUT2D eigenvalue weighted by Crippen LogP contribution is 2.45. The van der Waals surface area contributed by atoms with E-state index in [1.807, 2.05) is 36.4 Å². The van der Waals surface area contributed by atoms with Gasteiger partial charge in [0.25, 0.3) is 5.91 Å². The Morgan fingerprint density at radius 3 is 2.52 bits per heavy atom. The SMILES string of the molecule is CCCCN1C(=O)[C@H]2Cc3c(n(C)c4ccccc34)[C@H](c3ccc(OC)cc3)N2C1=O. The lowest BCUT2D eigenvalue weighted by molar-refractivity contribution is -0.128. The molecule has 1 saturated heterocycles. The Hall–Kier alpha value is -3.28. The number of para-hydroxylation sites is 1. The number of carbonyl (C=O) groups excluding carboxylic acids is 2. The first-order valence-corrected chi connectivity index (χ1v) is 10.9. The number of urea groups is 1. The van der Waals surface area contributed by atoms with Crippen molar-refractivity contribution in [1.29, 1.82) is 0 Å². The van der Waals surface area contributed by atoms with E-state index < -0.39 is 6.04 Å². The van der Waals surface area contributed by atoms with Crippen LogP contribution in [0, 0.1) is 0 Å². The van der Waals surface area contributed by atoms with Gasteiger partial charge in [-0.25, -0.2) is 4.79 Å². The van der Waals surface area contributed by atoms with Crippen LogP contribution in [0.15, 0.2) is 48.5 Å². The van der Waals surface area contributed by atoms with Crippen LogP contribution in [-0.2, 0) is 18.3 Å². The Morgan fingerprint density at radius 1 is 1.06 bits per heavy atom. The van der Waals surface area contributed by atoms with Gasteiger partial charge in [-0.05, 0) is 35.7 Å². The monoisotopic (exact) mass is 417 g/mol. The van der Waals surface area contributed by atoms with E-state index in [-0.39, 0.29) is 18.0 Å². The summed E-state index contributed by atoms with van der Waals surface area (Å²) >= 11 is 0. The molecule has 0 N–H and O–H groups in total. The predicted molar refractivity (Wildman–Crippen MR) is 119 cm³/mol. The van der Waals surface area contributed by atoms with Crippen LogP contribution in [0.3, 0.4) is 0 Å².